The first-order chi connectivity index (χ1) is 22.7. The van der Waals surface area contributed by atoms with Gasteiger partial charge < -0.3 is 23.7 Å². The molecule has 2 heterocycles. The first-order valence-corrected chi connectivity index (χ1v) is 17.5. The molecule has 0 aliphatic carbocycles. The van der Waals surface area contributed by atoms with E-state index < -0.39 is 18.0 Å². The lowest BCUT2D eigenvalue weighted by Gasteiger charge is -2.26. The number of carbonyl (C=O) groups is 2. The summed E-state index contributed by atoms with van der Waals surface area (Å²) in [6, 6.07) is 17.5. The Bertz CT molecular complexity index is 2040. The molecule has 13 heteroatoms. The first kappa shape index (κ1) is 34.6. The standard InChI is InChI=1S/C34H30I2N2O8S/c1-5-44-27(39)18-46-31-21(14-22(35)17-23(31)36)16-26-32(40)38-30(20-12-13-24(42-3)25(15-20)43-4)28(33(41)45-6-2)29(37-34(38)47-26)19-10-8-7-9-11-19/h7-17,30H,5-6,18H2,1-4H3/b26-16-/t30-/m0/s1. The monoisotopic (exact) mass is 880 g/mol. The van der Waals surface area contributed by atoms with Crippen molar-refractivity contribution in [3.8, 4) is 17.2 Å². The number of benzene rings is 3. The van der Waals surface area contributed by atoms with Crippen LogP contribution >= 0.6 is 56.5 Å². The maximum atomic E-state index is 14.4. The molecule has 0 amide bonds. The van der Waals surface area contributed by atoms with Gasteiger partial charge in [0.25, 0.3) is 5.56 Å². The number of carbonyl (C=O) groups excluding carboxylic acids is 2. The molecule has 10 nitrogen and oxygen atoms in total. The van der Waals surface area contributed by atoms with Crippen molar-refractivity contribution in [3.63, 3.8) is 0 Å². The zero-order valence-corrected chi connectivity index (χ0v) is 31.0. The summed E-state index contributed by atoms with van der Waals surface area (Å²) < 4.78 is 31.1. The largest absolute Gasteiger partial charge is 0.493 e. The molecule has 0 fully saturated rings. The number of nitrogens with zero attached hydrogens (tertiary/aromatic N) is 2. The van der Waals surface area contributed by atoms with E-state index in [-0.39, 0.29) is 31.0 Å². The van der Waals surface area contributed by atoms with Gasteiger partial charge in [-0.25, -0.2) is 14.6 Å². The van der Waals surface area contributed by atoms with Crippen LogP contribution in [0.2, 0.25) is 0 Å². The summed E-state index contributed by atoms with van der Waals surface area (Å²) in [5.41, 5.74) is 2.15. The number of rotatable bonds is 11. The van der Waals surface area contributed by atoms with Gasteiger partial charge in [0, 0.05) is 14.7 Å². The van der Waals surface area contributed by atoms with Crippen molar-refractivity contribution in [2.75, 3.05) is 34.0 Å². The van der Waals surface area contributed by atoms with Crippen LogP contribution in [0.1, 0.15) is 36.6 Å². The number of aromatic nitrogens is 1. The number of hydrogen-bond acceptors (Lipinski definition) is 10. The van der Waals surface area contributed by atoms with E-state index in [2.05, 4.69) is 45.2 Å². The average molecular weight is 880 g/mol. The Labute approximate surface area is 302 Å². The van der Waals surface area contributed by atoms with Crippen molar-refractivity contribution in [3.05, 3.63) is 110 Å². The van der Waals surface area contributed by atoms with Gasteiger partial charge in [0.2, 0.25) is 0 Å². The van der Waals surface area contributed by atoms with Crippen molar-refractivity contribution in [2.24, 2.45) is 4.99 Å². The lowest BCUT2D eigenvalue weighted by molar-refractivity contribution is -0.145. The molecule has 47 heavy (non-hydrogen) atoms. The highest BCUT2D eigenvalue weighted by Gasteiger charge is 2.35. The normalized spacial score (nSPS) is 14.3. The molecule has 244 valence electrons. The molecule has 0 N–H and O–H groups in total. The minimum Gasteiger partial charge on any atom is -0.493 e. The molecule has 0 radical (unpaired) electrons. The van der Waals surface area contributed by atoms with Gasteiger partial charge in [-0.05, 0) is 94.9 Å². The van der Waals surface area contributed by atoms with Crippen LogP contribution in [-0.2, 0) is 19.1 Å². The molecule has 4 aromatic rings. The van der Waals surface area contributed by atoms with Crippen LogP contribution in [0.5, 0.6) is 17.2 Å². The summed E-state index contributed by atoms with van der Waals surface area (Å²) in [5, 5.41) is 0. The van der Waals surface area contributed by atoms with Crippen LogP contribution in [0.3, 0.4) is 0 Å². The molecular formula is C34H30I2N2O8S. The Morgan fingerprint density at radius 2 is 1.68 bits per heavy atom. The Morgan fingerprint density at radius 3 is 2.36 bits per heavy atom. The van der Waals surface area contributed by atoms with Crippen LogP contribution in [-0.4, -0.2) is 50.5 Å². The highest BCUT2D eigenvalue weighted by atomic mass is 127. The molecule has 0 saturated heterocycles. The summed E-state index contributed by atoms with van der Waals surface area (Å²) in [6.07, 6.45) is 1.72. The predicted octanol–water partition coefficient (Wildman–Crippen LogP) is 5.10. The summed E-state index contributed by atoms with van der Waals surface area (Å²) in [4.78, 5) is 45.6. The van der Waals surface area contributed by atoms with Gasteiger partial charge in [0.15, 0.2) is 22.9 Å². The van der Waals surface area contributed by atoms with Gasteiger partial charge in [0.1, 0.15) is 5.75 Å². The molecule has 3 aromatic carbocycles. The quantitative estimate of drug-likeness (QED) is 0.151. The lowest BCUT2D eigenvalue weighted by Crippen LogP contribution is -2.40. The molecule has 1 aromatic heterocycles. The van der Waals surface area contributed by atoms with Crippen LogP contribution in [0, 0.1) is 7.14 Å². The van der Waals surface area contributed by atoms with Crippen LogP contribution in [0.4, 0.5) is 0 Å². The maximum Gasteiger partial charge on any atom is 0.344 e. The second kappa shape index (κ2) is 15.5. The summed E-state index contributed by atoms with van der Waals surface area (Å²) in [7, 11) is 3.06. The summed E-state index contributed by atoms with van der Waals surface area (Å²) in [5.74, 6) is 0.286. The van der Waals surface area contributed by atoms with Gasteiger partial charge in [-0.15, -0.1) is 0 Å². The third kappa shape index (κ3) is 7.41. The molecule has 0 bridgehead atoms. The fourth-order valence-corrected chi connectivity index (χ4v) is 8.13. The van der Waals surface area contributed by atoms with Crippen LogP contribution < -0.4 is 29.1 Å². The Balaban J connectivity index is 1.79. The van der Waals surface area contributed by atoms with E-state index in [1.165, 1.54) is 30.1 Å². The van der Waals surface area contributed by atoms with E-state index in [0.717, 1.165) is 7.14 Å². The SMILES string of the molecule is CCOC(=O)COc1c(I)cc(I)cc1/C=c1\sc2n(c1=O)[C@@H](c1ccc(OC)c(OC)c1)C(C(=O)OCC)=C(c1ccccc1)N=2. The fraction of sp³-hybridized carbons (Fsp3) is 0.235. The highest BCUT2D eigenvalue weighted by Crippen LogP contribution is 2.38. The van der Waals surface area contributed by atoms with Crippen LogP contribution in [0.25, 0.3) is 11.8 Å². The predicted molar refractivity (Wildman–Crippen MR) is 195 cm³/mol. The van der Waals surface area contributed by atoms with Gasteiger partial charge >= 0.3 is 11.9 Å². The number of ether oxygens (including phenoxy) is 5. The van der Waals surface area contributed by atoms with Gasteiger partial charge in [-0.2, -0.15) is 0 Å². The number of fused-ring (bicyclic) bond motifs is 1. The van der Waals surface area contributed by atoms with E-state index >= 15 is 0 Å². The van der Waals surface area contributed by atoms with E-state index in [1.54, 1.807) is 38.1 Å². The van der Waals surface area contributed by atoms with Crippen molar-refractivity contribution < 1.29 is 33.3 Å². The van der Waals surface area contributed by atoms with Crippen molar-refractivity contribution in [1.82, 2.24) is 4.57 Å². The third-order valence-electron chi connectivity index (χ3n) is 7.06. The van der Waals surface area contributed by atoms with E-state index in [9.17, 15) is 14.4 Å². The topological polar surface area (TPSA) is 115 Å². The minimum atomic E-state index is -0.905. The van der Waals surface area contributed by atoms with Gasteiger partial charge in [0.05, 0.1) is 52.8 Å². The van der Waals surface area contributed by atoms with Crippen molar-refractivity contribution in [1.29, 1.82) is 0 Å². The third-order valence-corrected chi connectivity index (χ3v) is 9.47. The Hall–Kier alpha value is -3.70. The Kier molecular flexibility index (Phi) is 11.4. The number of methoxy groups -OCH3 is 2. The average Bonchev–Trinajstić information content (AvgIpc) is 3.37. The smallest absolute Gasteiger partial charge is 0.344 e. The van der Waals surface area contributed by atoms with Crippen LogP contribution in [0.15, 0.2) is 76.0 Å². The first-order valence-electron chi connectivity index (χ1n) is 14.5. The second-order valence-corrected chi connectivity index (χ2v) is 13.4. The number of hydrogen-bond donors (Lipinski definition) is 0. The van der Waals surface area contributed by atoms with Crippen molar-refractivity contribution in [2.45, 2.75) is 19.9 Å². The summed E-state index contributed by atoms with van der Waals surface area (Å²) in [6.45, 7) is 3.54. The zero-order valence-electron chi connectivity index (χ0n) is 25.9. The Morgan fingerprint density at radius 1 is 0.957 bits per heavy atom. The highest BCUT2D eigenvalue weighted by molar-refractivity contribution is 14.1. The van der Waals surface area contributed by atoms with E-state index in [0.29, 0.717) is 49.0 Å². The molecule has 0 saturated carbocycles. The van der Waals surface area contributed by atoms with E-state index in [4.69, 9.17) is 28.7 Å². The maximum absolute atomic E-state index is 14.4. The van der Waals surface area contributed by atoms with Gasteiger partial charge in [-0.3, -0.25) is 9.36 Å². The number of halogens is 2. The van der Waals surface area contributed by atoms with Gasteiger partial charge in [-0.1, -0.05) is 47.7 Å². The van der Waals surface area contributed by atoms with Crippen molar-refractivity contribution >= 4 is 80.2 Å². The molecule has 0 unspecified atom stereocenters. The molecular weight excluding hydrogens is 850 g/mol. The fourth-order valence-electron chi connectivity index (χ4n) is 5.09. The molecule has 5 rings (SSSR count). The summed E-state index contributed by atoms with van der Waals surface area (Å²) >= 11 is 5.51. The lowest BCUT2D eigenvalue weighted by atomic mass is 9.93. The molecule has 0 spiro atoms. The molecule has 1 aliphatic heterocycles. The molecule has 1 atom stereocenters. The molecule has 1 aliphatic rings. The number of thiazole rings is 1. The minimum absolute atomic E-state index is 0.132. The zero-order chi connectivity index (χ0) is 33.7. The van der Waals surface area contributed by atoms with E-state index in [1.807, 2.05) is 42.5 Å². The number of esters is 2. The second-order valence-electron chi connectivity index (χ2n) is 9.95.